The number of benzene rings is 1. The predicted molar refractivity (Wildman–Crippen MR) is 72.4 cm³/mol. The van der Waals surface area contributed by atoms with E-state index in [4.69, 9.17) is 10.5 Å². The third kappa shape index (κ3) is 6.06. The van der Waals surface area contributed by atoms with Crippen LogP contribution >= 0.6 is 11.8 Å². The topological polar surface area (TPSA) is 64.3 Å². The number of nitrogens with one attached hydrogen (secondary N) is 1. The molecule has 0 unspecified atom stereocenters. The summed E-state index contributed by atoms with van der Waals surface area (Å²) in [4.78, 5) is 11.3. The molecule has 94 valence electrons. The molecule has 0 saturated carbocycles. The van der Waals surface area contributed by atoms with Crippen LogP contribution in [-0.4, -0.2) is 31.1 Å². The molecule has 1 aromatic rings. The molecule has 0 aliphatic heterocycles. The third-order valence-corrected chi connectivity index (χ3v) is 2.72. The van der Waals surface area contributed by atoms with Crippen molar-refractivity contribution in [3.8, 4) is 5.75 Å². The van der Waals surface area contributed by atoms with Crippen molar-refractivity contribution in [1.29, 1.82) is 0 Å². The molecule has 1 aromatic carbocycles. The summed E-state index contributed by atoms with van der Waals surface area (Å²) in [5.74, 6) is 1.69. The second-order valence-electron chi connectivity index (χ2n) is 3.51. The van der Waals surface area contributed by atoms with Crippen LogP contribution in [-0.2, 0) is 4.79 Å². The zero-order valence-corrected chi connectivity index (χ0v) is 10.8. The molecule has 0 radical (unpaired) electrons. The Bertz CT molecular complexity index is 341. The number of nitrogens with two attached hydrogens (primary N) is 1. The Hall–Kier alpha value is -1.36. The van der Waals surface area contributed by atoms with Crippen LogP contribution in [0.25, 0.3) is 0 Å². The van der Waals surface area contributed by atoms with E-state index in [1.807, 2.05) is 6.26 Å². The molecule has 1 amide bonds. The monoisotopic (exact) mass is 254 g/mol. The van der Waals surface area contributed by atoms with Gasteiger partial charge in [0.1, 0.15) is 5.75 Å². The fraction of sp³-hybridized carbons (Fsp3) is 0.417. The van der Waals surface area contributed by atoms with E-state index in [9.17, 15) is 4.79 Å². The van der Waals surface area contributed by atoms with Crippen LogP contribution in [0.2, 0.25) is 0 Å². The predicted octanol–water partition coefficient (Wildman–Crippen LogP) is 1.52. The number of anilines is 1. The first-order chi connectivity index (χ1) is 8.22. The fourth-order valence-corrected chi connectivity index (χ4v) is 1.51. The van der Waals surface area contributed by atoms with Gasteiger partial charge in [0.15, 0.2) is 0 Å². The van der Waals surface area contributed by atoms with E-state index < -0.39 is 0 Å². The van der Waals surface area contributed by atoms with Gasteiger partial charge in [-0.3, -0.25) is 4.79 Å². The summed E-state index contributed by atoms with van der Waals surface area (Å²) in [5, 5.41) is 2.82. The minimum Gasteiger partial charge on any atom is -0.493 e. The van der Waals surface area contributed by atoms with Crippen molar-refractivity contribution in [3.63, 3.8) is 0 Å². The summed E-state index contributed by atoms with van der Waals surface area (Å²) in [5.41, 5.74) is 6.25. The molecule has 4 nitrogen and oxygen atoms in total. The molecule has 0 aliphatic carbocycles. The van der Waals surface area contributed by atoms with Gasteiger partial charge in [-0.2, -0.15) is 11.8 Å². The molecule has 0 aromatic heterocycles. The van der Waals surface area contributed by atoms with Gasteiger partial charge < -0.3 is 15.8 Å². The standard InChI is InChI=1S/C12H18N2O2S/c1-17-9-7-14-12(15)6-8-16-11-4-2-10(13)3-5-11/h2-5H,6-9,13H2,1H3,(H,14,15). The van der Waals surface area contributed by atoms with Gasteiger partial charge in [-0.1, -0.05) is 0 Å². The van der Waals surface area contributed by atoms with E-state index in [-0.39, 0.29) is 5.91 Å². The van der Waals surface area contributed by atoms with Gasteiger partial charge in [0, 0.05) is 18.0 Å². The third-order valence-electron chi connectivity index (χ3n) is 2.11. The number of nitrogen functional groups attached to an aromatic ring is 1. The first-order valence-electron chi connectivity index (χ1n) is 5.46. The summed E-state index contributed by atoms with van der Waals surface area (Å²) in [7, 11) is 0. The quantitative estimate of drug-likeness (QED) is 0.572. The summed E-state index contributed by atoms with van der Waals surface area (Å²) < 4.78 is 5.42. The molecule has 3 N–H and O–H groups in total. The van der Waals surface area contributed by atoms with Crippen LogP contribution < -0.4 is 15.8 Å². The lowest BCUT2D eigenvalue weighted by molar-refractivity contribution is -0.121. The Morgan fingerprint density at radius 2 is 2.12 bits per heavy atom. The highest BCUT2D eigenvalue weighted by atomic mass is 32.2. The van der Waals surface area contributed by atoms with Gasteiger partial charge in [-0.15, -0.1) is 0 Å². The molecule has 0 spiro atoms. The van der Waals surface area contributed by atoms with Gasteiger partial charge >= 0.3 is 0 Å². The first kappa shape index (κ1) is 13.7. The van der Waals surface area contributed by atoms with Crippen molar-refractivity contribution >= 4 is 23.4 Å². The summed E-state index contributed by atoms with van der Waals surface area (Å²) in [6.45, 7) is 1.09. The molecular weight excluding hydrogens is 236 g/mol. The Labute approximate surface area is 106 Å². The number of amides is 1. The second kappa shape index (κ2) is 7.84. The number of carbonyl (C=O) groups is 1. The van der Waals surface area contributed by atoms with Crippen molar-refractivity contribution in [2.45, 2.75) is 6.42 Å². The highest BCUT2D eigenvalue weighted by molar-refractivity contribution is 7.98. The highest BCUT2D eigenvalue weighted by Gasteiger charge is 2.00. The Morgan fingerprint density at radius 3 is 2.76 bits per heavy atom. The molecule has 1 rings (SSSR count). The summed E-state index contributed by atoms with van der Waals surface area (Å²) in [6.07, 6.45) is 2.38. The lowest BCUT2D eigenvalue weighted by Gasteiger charge is -2.07. The number of ether oxygens (including phenoxy) is 1. The minimum absolute atomic E-state index is 0.0227. The zero-order chi connectivity index (χ0) is 12.5. The molecule has 0 saturated heterocycles. The molecule has 5 heteroatoms. The fourth-order valence-electron chi connectivity index (χ4n) is 1.21. The van der Waals surface area contributed by atoms with Crippen LogP contribution in [0, 0.1) is 0 Å². The lowest BCUT2D eigenvalue weighted by Crippen LogP contribution is -2.26. The van der Waals surface area contributed by atoms with E-state index in [0.717, 1.165) is 11.5 Å². The van der Waals surface area contributed by atoms with E-state index in [1.54, 1.807) is 36.0 Å². The van der Waals surface area contributed by atoms with Crippen molar-refractivity contribution < 1.29 is 9.53 Å². The first-order valence-corrected chi connectivity index (χ1v) is 6.85. The normalized spacial score (nSPS) is 9.94. The molecule has 0 aliphatic rings. The van der Waals surface area contributed by atoms with Gasteiger partial charge in [-0.25, -0.2) is 0 Å². The highest BCUT2D eigenvalue weighted by Crippen LogP contribution is 2.12. The van der Waals surface area contributed by atoms with Gasteiger partial charge in [0.2, 0.25) is 5.91 Å². The van der Waals surface area contributed by atoms with Crippen LogP contribution in [0.5, 0.6) is 5.75 Å². The van der Waals surface area contributed by atoms with Crippen LogP contribution in [0.4, 0.5) is 5.69 Å². The van der Waals surface area contributed by atoms with E-state index >= 15 is 0 Å². The Morgan fingerprint density at radius 1 is 1.41 bits per heavy atom. The number of thioether (sulfide) groups is 1. The SMILES string of the molecule is CSCCNC(=O)CCOc1ccc(N)cc1. The largest absolute Gasteiger partial charge is 0.493 e. The second-order valence-corrected chi connectivity index (χ2v) is 4.50. The smallest absolute Gasteiger partial charge is 0.223 e. The number of rotatable bonds is 7. The molecule has 0 bridgehead atoms. The van der Waals surface area contributed by atoms with Crippen molar-refractivity contribution in [3.05, 3.63) is 24.3 Å². The van der Waals surface area contributed by atoms with Crippen molar-refractivity contribution in [2.24, 2.45) is 0 Å². The van der Waals surface area contributed by atoms with Crippen LogP contribution in [0.15, 0.2) is 24.3 Å². The van der Waals surface area contributed by atoms with Gasteiger partial charge in [0.25, 0.3) is 0 Å². The lowest BCUT2D eigenvalue weighted by atomic mass is 10.3. The number of hydrogen-bond acceptors (Lipinski definition) is 4. The van der Waals surface area contributed by atoms with Crippen LogP contribution in [0.1, 0.15) is 6.42 Å². The molecule has 0 fully saturated rings. The van der Waals surface area contributed by atoms with E-state index in [1.165, 1.54) is 0 Å². The maximum Gasteiger partial charge on any atom is 0.223 e. The number of hydrogen-bond donors (Lipinski definition) is 2. The Balaban J connectivity index is 2.14. The molecule has 0 atom stereocenters. The van der Waals surface area contributed by atoms with E-state index in [0.29, 0.717) is 25.3 Å². The van der Waals surface area contributed by atoms with Crippen molar-refractivity contribution in [1.82, 2.24) is 5.32 Å². The van der Waals surface area contributed by atoms with Crippen LogP contribution in [0.3, 0.4) is 0 Å². The summed E-state index contributed by atoms with van der Waals surface area (Å²) in [6, 6.07) is 7.13. The molecule has 17 heavy (non-hydrogen) atoms. The Kier molecular flexibility index (Phi) is 6.32. The van der Waals surface area contributed by atoms with E-state index in [2.05, 4.69) is 5.32 Å². The number of carbonyl (C=O) groups excluding carboxylic acids is 1. The van der Waals surface area contributed by atoms with Gasteiger partial charge in [-0.05, 0) is 30.5 Å². The average molecular weight is 254 g/mol. The zero-order valence-electron chi connectivity index (χ0n) is 9.94. The molecule has 0 heterocycles. The maximum atomic E-state index is 11.3. The molecular formula is C12H18N2O2S. The van der Waals surface area contributed by atoms with Gasteiger partial charge in [0.05, 0.1) is 13.0 Å². The maximum absolute atomic E-state index is 11.3. The average Bonchev–Trinajstić information content (AvgIpc) is 2.32. The van der Waals surface area contributed by atoms with Crippen molar-refractivity contribution in [2.75, 3.05) is 30.9 Å². The summed E-state index contributed by atoms with van der Waals surface area (Å²) >= 11 is 1.71. The minimum atomic E-state index is 0.0227.